The Morgan fingerprint density at radius 1 is 1.08 bits per heavy atom. The molecule has 8 nitrogen and oxygen atoms in total. The van der Waals surface area contributed by atoms with Crippen molar-refractivity contribution in [3.8, 4) is 34.3 Å². The monoisotopic (exact) mass is 339 g/mol. The van der Waals surface area contributed by atoms with Gasteiger partial charge >= 0.3 is 5.76 Å². The van der Waals surface area contributed by atoms with Crippen LogP contribution in [-0.2, 0) is 0 Å². The highest BCUT2D eigenvalue weighted by atomic mass is 16.5. The summed E-state index contributed by atoms with van der Waals surface area (Å²) in [5.41, 5.74) is 2.17. The topological polar surface area (TPSA) is 103 Å². The predicted octanol–water partition coefficient (Wildman–Crippen LogP) is 2.86. The normalized spacial score (nSPS) is 11.0. The first-order valence-corrected chi connectivity index (χ1v) is 7.38. The average Bonchev–Trinajstić information content (AvgIpc) is 3.26. The van der Waals surface area contributed by atoms with Gasteiger partial charge in [-0.3, -0.25) is 4.98 Å². The standard InChI is InChI=1S/C17H13N3O5/c1-22-12-7-6-9(8-13(12)23-2)15-19-16(25-20-15)10-4-3-5-11-14(10)24-17(21)18-11/h3-8H,1-2H3,(H,18,21). The van der Waals surface area contributed by atoms with Gasteiger partial charge < -0.3 is 18.4 Å². The number of hydrogen-bond acceptors (Lipinski definition) is 7. The molecule has 2 aromatic heterocycles. The summed E-state index contributed by atoms with van der Waals surface area (Å²) >= 11 is 0. The fourth-order valence-electron chi connectivity index (χ4n) is 2.57. The lowest BCUT2D eigenvalue weighted by atomic mass is 10.2. The van der Waals surface area contributed by atoms with Gasteiger partial charge in [0.1, 0.15) is 0 Å². The third-order valence-corrected chi connectivity index (χ3v) is 3.74. The van der Waals surface area contributed by atoms with Gasteiger partial charge in [-0.2, -0.15) is 4.98 Å². The van der Waals surface area contributed by atoms with E-state index in [1.165, 1.54) is 0 Å². The molecule has 2 heterocycles. The van der Waals surface area contributed by atoms with Crippen molar-refractivity contribution in [2.24, 2.45) is 0 Å². The first kappa shape index (κ1) is 15.0. The van der Waals surface area contributed by atoms with E-state index in [1.54, 1.807) is 50.6 Å². The van der Waals surface area contributed by atoms with Crippen molar-refractivity contribution in [3.05, 3.63) is 46.9 Å². The Morgan fingerprint density at radius 2 is 1.92 bits per heavy atom. The van der Waals surface area contributed by atoms with Crippen LogP contribution < -0.4 is 15.2 Å². The summed E-state index contributed by atoms with van der Waals surface area (Å²) < 4.78 is 21.0. The number of aromatic nitrogens is 3. The van der Waals surface area contributed by atoms with E-state index in [9.17, 15) is 4.79 Å². The van der Waals surface area contributed by atoms with E-state index in [1.807, 2.05) is 0 Å². The highest BCUT2D eigenvalue weighted by Crippen LogP contribution is 2.33. The van der Waals surface area contributed by atoms with Gasteiger partial charge in [-0.1, -0.05) is 11.2 Å². The number of fused-ring (bicyclic) bond motifs is 1. The molecule has 4 rings (SSSR count). The maximum absolute atomic E-state index is 11.4. The summed E-state index contributed by atoms with van der Waals surface area (Å²) in [6.45, 7) is 0. The van der Waals surface area contributed by atoms with Crippen LogP contribution in [0.25, 0.3) is 33.9 Å². The lowest BCUT2D eigenvalue weighted by Gasteiger charge is -2.07. The van der Waals surface area contributed by atoms with Crippen LogP contribution >= 0.6 is 0 Å². The number of aromatic amines is 1. The number of H-pyrrole nitrogens is 1. The molecule has 8 heteroatoms. The van der Waals surface area contributed by atoms with Gasteiger partial charge in [-0.05, 0) is 30.3 Å². The first-order valence-electron chi connectivity index (χ1n) is 7.38. The van der Waals surface area contributed by atoms with Crippen LogP contribution in [-0.4, -0.2) is 29.3 Å². The molecule has 0 saturated heterocycles. The van der Waals surface area contributed by atoms with Crippen LogP contribution in [0.4, 0.5) is 0 Å². The highest BCUT2D eigenvalue weighted by molar-refractivity contribution is 5.87. The van der Waals surface area contributed by atoms with Crippen molar-refractivity contribution >= 4 is 11.1 Å². The van der Waals surface area contributed by atoms with Crippen molar-refractivity contribution in [3.63, 3.8) is 0 Å². The molecule has 0 bridgehead atoms. The molecule has 0 atom stereocenters. The van der Waals surface area contributed by atoms with Gasteiger partial charge in [0.2, 0.25) is 5.82 Å². The van der Waals surface area contributed by atoms with E-state index >= 15 is 0 Å². The number of benzene rings is 2. The fraction of sp³-hybridized carbons (Fsp3) is 0.118. The Morgan fingerprint density at radius 3 is 2.72 bits per heavy atom. The summed E-state index contributed by atoms with van der Waals surface area (Å²) in [5.74, 6) is 1.25. The van der Waals surface area contributed by atoms with Crippen molar-refractivity contribution in [2.75, 3.05) is 14.2 Å². The molecule has 0 fully saturated rings. The summed E-state index contributed by atoms with van der Waals surface area (Å²) in [4.78, 5) is 18.4. The molecule has 0 radical (unpaired) electrons. The number of oxazole rings is 1. The van der Waals surface area contributed by atoms with Gasteiger partial charge in [-0.15, -0.1) is 0 Å². The number of para-hydroxylation sites is 1. The Hall–Kier alpha value is -3.55. The Kier molecular flexibility index (Phi) is 3.50. The van der Waals surface area contributed by atoms with E-state index in [-0.39, 0.29) is 5.89 Å². The van der Waals surface area contributed by atoms with Crippen molar-refractivity contribution in [2.45, 2.75) is 0 Å². The minimum absolute atomic E-state index is 0.248. The van der Waals surface area contributed by atoms with Crippen LogP contribution in [0, 0.1) is 0 Å². The highest BCUT2D eigenvalue weighted by Gasteiger charge is 2.17. The van der Waals surface area contributed by atoms with E-state index in [2.05, 4.69) is 15.1 Å². The summed E-state index contributed by atoms with van der Waals surface area (Å²) in [5, 5.41) is 3.99. The Labute approximate surface area is 141 Å². The molecule has 0 saturated carbocycles. The second-order valence-corrected chi connectivity index (χ2v) is 5.19. The van der Waals surface area contributed by atoms with Crippen LogP contribution in [0.1, 0.15) is 0 Å². The molecule has 126 valence electrons. The van der Waals surface area contributed by atoms with Gasteiger partial charge in [0.25, 0.3) is 5.89 Å². The number of rotatable bonds is 4. The summed E-state index contributed by atoms with van der Waals surface area (Å²) in [6, 6.07) is 10.6. The Balaban J connectivity index is 1.79. The molecule has 1 N–H and O–H groups in total. The lowest BCUT2D eigenvalue weighted by Crippen LogP contribution is -1.92. The van der Waals surface area contributed by atoms with Crippen molar-refractivity contribution in [1.82, 2.24) is 15.1 Å². The van der Waals surface area contributed by atoms with Gasteiger partial charge in [0.05, 0.1) is 25.3 Å². The average molecular weight is 339 g/mol. The second-order valence-electron chi connectivity index (χ2n) is 5.19. The van der Waals surface area contributed by atoms with Gasteiger partial charge in [-0.25, -0.2) is 4.79 Å². The van der Waals surface area contributed by atoms with Crippen LogP contribution in [0.2, 0.25) is 0 Å². The molecule has 0 unspecified atom stereocenters. The first-order chi connectivity index (χ1) is 12.2. The lowest BCUT2D eigenvalue weighted by molar-refractivity contribution is 0.355. The zero-order valence-electron chi connectivity index (χ0n) is 13.4. The van der Waals surface area contributed by atoms with Crippen molar-refractivity contribution in [1.29, 1.82) is 0 Å². The molecular weight excluding hydrogens is 326 g/mol. The number of hydrogen-bond donors (Lipinski definition) is 1. The zero-order chi connectivity index (χ0) is 17.4. The minimum Gasteiger partial charge on any atom is -0.493 e. The fourth-order valence-corrected chi connectivity index (χ4v) is 2.57. The van der Waals surface area contributed by atoms with E-state index in [0.29, 0.717) is 39.6 Å². The smallest absolute Gasteiger partial charge is 0.417 e. The number of nitrogens with one attached hydrogen (secondary N) is 1. The molecule has 0 amide bonds. The Bertz CT molecular complexity index is 1110. The number of methoxy groups -OCH3 is 2. The van der Waals surface area contributed by atoms with E-state index < -0.39 is 5.76 Å². The largest absolute Gasteiger partial charge is 0.493 e. The molecule has 0 aliphatic carbocycles. The molecule has 0 spiro atoms. The molecular formula is C17H13N3O5. The molecule has 0 aliphatic rings. The maximum Gasteiger partial charge on any atom is 0.417 e. The van der Waals surface area contributed by atoms with E-state index in [0.717, 1.165) is 0 Å². The zero-order valence-corrected chi connectivity index (χ0v) is 13.4. The number of nitrogens with zero attached hydrogens (tertiary/aromatic N) is 2. The third kappa shape index (κ3) is 2.53. The summed E-state index contributed by atoms with van der Waals surface area (Å²) in [7, 11) is 3.12. The molecule has 4 aromatic rings. The maximum atomic E-state index is 11.4. The van der Waals surface area contributed by atoms with E-state index in [4.69, 9.17) is 18.4 Å². The summed E-state index contributed by atoms with van der Waals surface area (Å²) in [6.07, 6.45) is 0. The SMILES string of the molecule is COc1ccc(-c2noc(-c3cccc4[nH]c(=O)oc34)n2)cc1OC. The van der Waals surface area contributed by atoms with Crippen molar-refractivity contribution < 1.29 is 18.4 Å². The minimum atomic E-state index is -0.540. The predicted molar refractivity (Wildman–Crippen MR) is 88.7 cm³/mol. The molecule has 0 aliphatic heterocycles. The van der Waals surface area contributed by atoms with Crippen LogP contribution in [0.5, 0.6) is 11.5 Å². The molecule has 2 aromatic carbocycles. The van der Waals surface area contributed by atoms with Gasteiger partial charge in [0, 0.05) is 5.56 Å². The van der Waals surface area contributed by atoms with Gasteiger partial charge in [0.15, 0.2) is 17.1 Å². The van der Waals surface area contributed by atoms with Crippen LogP contribution in [0.15, 0.2) is 50.1 Å². The van der Waals surface area contributed by atoms with Crippen LogP contribution in [0.3, 0.4) is 0 Å². The third-order valence-electron chi connectivity index (χ3n) is 3.74. The number of ether oxygens (including phenoxy) is 2. The quantitative estimate of drug-likeness (QED) is 0.609. The second kappa shape index (κ2) is 5.82. The molecule has 25 heavy (non-hydrogen) atoms.